The predicted octanol–water partition coefficient (Wildman–Crippen LogP) is 3.02. The van der Waals surface area contributed by atoms with Crippen molar-refractivity contribution in [3.8, 4) is 5.75 Å². The van der Waals surface area contributed by atoms with Crippen LogP contribution in [0.2, 0.25) is 0 Å². The lowest BCUT2D eigenvalue weighted by molar-refractivity contribution is 0.0909. The van der Waals surface area contributed by atoms with E-state index in [9.17, 15) is 4.79 Å². The topological polar surface area (TPSA) is 41.6 Å². The van der Waals surface area contributed by atoms with Gasteiger partial charge in [0.25, 0.3) is 5.91 Å². The van der Waals surface area contributed by atoms with Gasteiger partial charge in [0, 0.05) is 37.7 Å². The predicted molar refractivity (Wildman–Crippen MR) is 97.8 cm³/mol. The van der Waals surface area contributed by atoms with E-state index in [2.05, 4.69) is 40.5 Å². The van der Waals surface area contributed by atoms with Gasteiger partial charge in [0.05, 0.1) is 6.61 Å². The third-order valence-electron chi connectivity index (χ3n) is 5.12. The summed E-state index contributed by atoms with van der Waals surface area (Å²) in [7, 11) is 0. The summed E-state index contributed by atoms with van der Waals surface area (Å²) in [5.74, 6) is 0.960. The first-order valence-electron chi connectivity index (χ1n) is 9.11. The standard InChI is InChI=1S/C21H24N2O2/c24-21(18-6-7-20-17(14-18)10-13-25-20)22-19-8-11-23(12-9-19)15-16-4-2-1-3-5-16/h1-7,14,19H,8-13,15H2,(H,22,24). The summed E-state index contributed by atoms with van der Waals surface area (Å²) in [6.45, 7) is 3.77. The number of carbonyl (C=O) groups excluding carboxylic acids is 1. The van der Waals surface area contributed by atoms with Crippen molar-refractivity contribution in [2.75, 3.05) is 19.7 Å². The fraction of sp³-hybridized carbons (Fsp3) is 0.381. The first-order valence-corrected chi connectivity index (χ1v) is 9.11. The van der Waals surface area contributed by atoms with E-state index in [-0.39, 0.29) is 11.9 Å². The van der Waals surface area contributed by atoms with Crippen LogP contribution in [0.15, 0.2) is 48.5 Å². The van der Waals surface area contributed by atoms with Crippen molar-refractivity contribution < 1.29 is 9.53 Å². The van der Waals surface area contributed by atoms with E-state index in [4.69, 9.17) is 4.74 Å². The van der Waals surface area contributed by atoms with Crippen molar-refractivity contribution in [1.82, 2.24) is 10.2 Å². The summed E-state index contributed by atoms with van der Waals surface area (Å²) in [6, 6.07) is 16.6. The average Bonchev–Trinajstić information content (AvgIpc) is 3.12. The van der Waals surface area contributed by atoms with Crippen LogP contribution in [-0.4, -0.2) is 36.5 Å². The maximum absolute atomic E-state index is 12.5. The number of carbonyl (C=O) groups is 1. The molecule has 1 saturated heterocycles. The Kier molecular flexibility index (Phi) is 4.70. The highest BCUT2D eigenvalue weighted by molar-refractivity contribution is 5.94. The number of amides is 1. The number of hydrogen-bond donors (Lipinski definition) is 1. The number of rotatable bonds is 4. The van der Waals surface area contributed by atoms with Crippen molar-refractivity contribution in [1.29, 1.82) is 0 Å². The number of fused-ring (bicyclic) bond motifs is 1. The molecule has 4 heteroatoms. The Bertz CT molecular complexity index is 737. The molecule has 2 heterocycles. The largest absolute Gasteiger partial charge is 0.493 e. The Morgan fingerprint density at radius 1 is 1.12 bits per heavy atom. The van der Waals surface area contributed by atoms with Crippen LogP contribution in [0.5, 0.6) is 5.75 Å². The molecule has 4 nitrogen and oxygen atoms in total. The molecule has 0 saturated carbocycles. The van der Waals surface area contributed by atoms with Gasteiger partial charge in [0.15, 0.2) is 0 Å². The van der Waals surface area contributed by atoms with Gasteiger partial charge in [-0.3, -0.25) is 9.69 Å². The monoisotopic (exact) mass is 336 g/mol. The van der Waals surface area contributed by atoms with E-state index in [1.165, 1.54) is 5.56 Å². The lowest BCUT2D eigenvalue weighted by Gasteiger charge is -2.32. The van der Waals surface area contributed by atoms with Crippen LogP contribution in [0.25, 0.3) is 0 Å². The van der Waals surface area contributed by atoms with E-state index in [0.717, 1.165) is 62.4 Å². The number of nitrogens with zero attached hydrogens (tertiary/aromatic N) is 1. The summed E-state index contributed by atoms with van der Waals surface area (Å²) in [5.41, 5.74) is 3.24. The number of benzene rings is 2. The molecule has 1 amide bonds. The second-order valence-electron chi connectivity index (χ2n) is 6.93. The van der Waals surface area contributed by atoms with Crippen LogP contribution in [0.4, 0.5) is 0 Å². The highest BCUT2D eigenvalue weighted by Crippen LogP contribution is 2.26. The zero-order chi connectivity index (χ0) is 17.1. The lowest BCUT2D eigenvalue weighted by Crippen LogP contribution is -2.44. The number of ether oxygens (including phenoxy) is 1. The fourth-order valence-electron chi connectivity index (χ4n) is 3.67. The highest BCUT2D eigenvalue weighted by Gasteiger charge is 2.22. The van der Waals surface area contributed by atoms with Gasteiger partial charge < -0.3 is 10.1 Å². The minimum absolute atomic E-state index is 0.0382. The number of likely N-dealkylation sites (tertiary alicyclic amines) is 1. The average molecular weight is 336 g/mol. The molecule has 2 aliphatic rings. The molecule has 0 radical (unpaired) electrons. The third kappa shape index (κ3) is 3.85. The molecule has 0 bridgehead atoms. The van der Waals surface area contributed by atoms with E-state index in [0.29, 0.717) is 0 Å². The van der Waals surface area contributed by atoms with Gasteiger partial charge in [-0.1, -0.05) is 30.3 Å². The molecule has 4 rings (SSSR count). The summed E-state index contributed by atoms with van der Waals surface area (Å²) in [5, 5.41) is 3.20. The van der Waals surface area contributed by atoms with Gasteiger partial charge in [-0.2, -0.15) is 0 Å². The van der Waals surface area contributed by atoms with Gasteiger partial charge in [-0.05, 0) is 42.2 Å². The first-order chi connectivity index (χ1) is 12.3. The summed E-state index contributed by atoms with van der Waals surface area (Å²) < 4.78 is 5.51. The molecule has 0 atom stereocenters. The molecule has 0 aromatic heterocycles. The van der Waals surface area contributed by atoms with Crippen LogP contribution < -0.4 is 10.1 Å². The maximum Gasteiger partial charge on any atom is 0.251 e. The Balaban J connectivity index is 1.29. The minimum Gasteiger partial charge on any atom is -0.493 e. The number of piperidine rings is 1. The summed E-state index contributed by atoms with van der Waals surface area (Å²) >= 11 is 0. The Morgan fingerprint density at radius 2 is 1.92 bits per heavy atom. The third-order valence-corrected chi connectivity index (χ3v) is 5.12. The van der Waals surface area contributed by atoms with E-state index in [1.807, 2.05) is 18.2 Å². The Labute approximate surface area is 148 Å². The SMILES string of the molecule is O=C(NC1CCN(Cc2ccccc2)CC1)c1ccc2c(c1)CCO2. The zero-order valence-electron chi connectivity index (χ0n) is 14.4. The zero-order valence-corrected chi connectivity index (χ0v) is 14.4. The molecule has 1 N–H and O–H groups in total. The maximum atomic E-state index is 12.5. The molecule has 25 heavy (non-hydrogen) atoms. The molecule has 2 aliphatic heterocycles. The van der Waals surface area contributed by atoms with Crippen molar-refractivity contribution >= 4 is 5.91 Å². The molecule has 130 valence electrons. The molecule has 2 aromatic carbocycles. The smallest absolute Gasteiger partial charge is 0.251 e. The lowest BCUT2D eigenvalue weighted by atomic mass is 10.0. The van der Waals surface area contributed by atoms with E-state index in [1.54, 1.807) is 0 Å². The quantitative estimate of drug-likeness (QED) is 0.933. The van der Waals surface area contributed by atoms with Gasteiger partial charge in [-0.25, -0.2) is 0 Å². The number of hydrogen-bond acceptors (Lipinski definition) is 3. The highest BCUT2D eigenvalue weighted by atomic mass is 16.5. The van der Waals surface area contributed by atoms with E-state index < -0.39 is 0 Å². The van der Waals surface area contributed by atoms with Gasteiger partial charge >= 0.3 is 0 Å². The molecular formula is C21H24N2O2. The Hall–Kier alpha value is -2.33. The van der Waals surface area contributed by atoms with Crippen molar-refractivity contribution in [2.45, 2.75) is 31.8 Å². The molecule has 0 spiro atoms. The second kappa shape index (κ2) is 7.28. The van der Waals surface area contributed by atoms with Crippen molar-refractivity contribution in [3.63, 3.8) is 0 Å². The van der Waals surface area contributed by atoms with E-state index >= 15 is 0 Å². The van der Waals surface area contributed by atoms with Crippen LogP contribution >= 0.6 is 0 Å². The van der Waals surface area contributed by atoms with Crippen LogP contribution in [0.3, 0.4) is 0 Å². The second-order valence-corrected chi connectivity index (χ2v) is 6.93. The van der Waals surface area contributed by atoms with Crippen LogP contribution in [0, 0.1) is 0 Å². The molecule has 0 unspecified atom stereocenters. The fourth-order valence-corrected chi connectivity index (χ4v) is 3.67. The molecule has 0 aliphatic carbocycles. The summed E-state index contributed by atoms with van der Waals surface area (Å²) in [4.78, 5) is 15.0. The summed E-state index contributed by atoms with van der Waals surface area (Å²) in [6.07, 6.45) is 2.91. The van der Waals surface area contributed by atoms with Crippen molar-refractivity contribution in [2.24, 2.45) is 0 Å². The molecule has 1 fully saturated rings. The van der Waals surface area contributed by atoms with Gasteiger partial charge in [0.1, 0.15) is 5.75 Å². The molecule has 2 aromatic rings. The van der Waals surface area contributed by atoms with Gasteiger partial charge in [0.2, 0.25) is 0 Å². The van der Waals surface area contributed by atoms with Crippen molar-refractivity contribution in [3.05, 3.63) is 65.2 Å². The number of nitrogens with one attached hydrogen (secondary N) is 1. The van der Waals surface area contributed by atoms with Gasteiger partial charge in [-0.15, -0.1) is 0 Å². The van der Waals surface area contributed by atoms with Crippen LogP contribution in [0.1, 0.15) is 34.3 Å². The first kappa shape index (κ1) is 16.2. The minimum atomic E-state index is 0.0382. The Morgan fingerprint density at radius 3 is 2.72 bits per heavy atom. The normalized spacial score (nSPS) is 17.8. The molecular weight excluding hydrogens is 312 g/mol. The van der Waals surface area contributed by atoms with Crippen LogP contribution in [-0.2, 0) is 13.0 Å².